The van der Waals surface area contributed by atoms with E-state index in [9.17, 15) is 0 Å². The minimum atomic E-state index is 0.552. The van der Waals surface area contributed by atoms with Crippen molar-refractivity contribution in [2.24, 2.45) is 11.7 Å². The van der Waals surface area contributed by atoms with Crippen LogP contribution in [-0.4, -0.2) is 6.54 Å². The third-order valence-electron chi connectivity index (χ3n) is 1.29. The molecule has 0 amide bonds. The van der Waals surface area contributed by atoms with Crippen LogP contribution in [0.4, 0.5) is 0 Å². The van der Waals surface area contributed by atoms with Gasteiger partial charge in [0.2, 0.25) is 0 Å². The fraction of sp³-hybridized carbons (Fsp3) is 0.750. The van der Waals surface area contributed by atoms with E-state index in [1.54, 1.807) is 0 Å². The average Bonchev–Trinajstić information content (AvgIpc) is 1.89. The zero-order valence-electron chi connectivity index (χ0n) is 6.43. The molecule has 0 saturated heterocycles. The van der Waals surface area contributed by atoms with Gasteiger partial charge in [0, 0.05) is 0 Å². The molecule has 0 aliphatic heterocycles. The fourth-order valence-corrected chi connectivity index (χ4v) is 0.574. The normalized spacial score (nSPS) is 14.6. The van der Waals surface area contributed by atoms with Crippen molar-refractivity contribution in [3.63, 3.8) is 0 Å². The Hall–Kier alpha value is -0.300. The number of nitrogens with two attached hydrogens (primary N) is 1. The molecule has 0 aromatic rings. The summed E-state index contributed by atoms with van der Waals surface area (Å²) in [4.78, 5) is 0. The summed E-state index contributed by atoms with van der Waals surface area (Å²) in [6.07, 6.45) is 6.80. The van der Waals surface area contributed by atoms with E-state index in [2.05, 4.69) is 26.0 Å². The first kappa shape index (κ1) is 8.70. The van der Waals surface area contributed by atoms with E-state index in [1.807, 2.05) is 0 Å². The standard InChI is InChI=1S/C8H17N/c1-3-4-5-6-8(2)7-9/h5-6,8H,3-4,7,9H2,1-2H3/b6-5+/t8-/m0/s1. The highest BCUT2D eigenvalue weighted by Gasteiger charge is 1.88. The molecule has 0 aromatic heterocycles. The molecule has 0 aliphatic rings. The Morgan fingerprint density at radius 3 is 2.67 bits per heavy atom. The first-order valence-electron chi connectivity index (χ1n) is 3.68. The minimum absolute atomic E-state index is 0.552. The average molecular weight is 127 g/mol. The van der Waals surface area contributed by atoms with E-state index in [0.717, 1.165) is 6.54 Å². The van der Waals surface area contributed by atoms with Crippen LogP contribution in [0.15, 0.2) is 12.2 Å². The number of rotatable bonds is 4. The summed E-state index contributed by atoms with van der Waals surface area (Å²) in [5.41, 5.74) is 5.40. The van der Waals surface area contributed by atoms with Gasteiger partial charge in [-0.3, -0.25) is 0 Å². The summed E-state index contributed by atoms with van der Waals surface area (Å²) in [7, 11) is 0. The zero-order valence-corrected chi connectivity index (χ0v) is 6.43. The van der Waals surface area contributed by atoms with Gasteiger partial charge in [0.15, 0.2) is 0 Å². The second-order valence-electron chi connectivity index (χ2n) is 2.43. The van der Waals surface area contributed by atoms with Crippen LogP contribution >= 0.6 is 0 Å². The van der Waals surface area contributed by atoms with Crippen molar-refractivity contribution >= 4 is 0 Å². The molecule has 0 fully saturated rings. The van der Waals surface area contributed by atoms with Crippen LogP contribution in [0, 0.1) is 5.92 Å². The molecule has 0 rings (SSSR count). The summed E-state index contributed by atoms with van der Waals surface area (Å²) >= 11 is 0. The maximum atomic E-state index is 5.40. The van der Waals surface area contributed by atoms with Crippen LogP contribution in [0.1, 0.15) is 26.7 Å². The van der Waals surface area contributed by atoms with E-state index in [-0.39, 0.29) is 0 Å². The fourth-order valence-electron chi connectivity index (χ4n) is 0.574. The highest BCUT2D eigenvalue weighted by atomic mass is 14.5. The number of unbranched alkanes of at least 4 members (excludes halogenated alkanes) is 1. The Balaban J connectivity index is 3.20. The van der Waals surface area contributed by atoms with Crippen LogP contribution in [0.3, 0.4) is 0 Å². The van der Waals surface area contributed by atoms with Crippen molar-refractivity contribution in [3.8, 4) is 0 Å². The number of allylic oxidation sites excluding steroid dienone is 1. The quantitative estimate of drug-likeness (QED) is 0.574. The summed E-state index contributed by atoms with van der Waals surface area (Å²) < 4.78 is 0. The van der Waals surface area contributed by atoms with Gasteiger partial charge in [-0.1, -0.05) is 32.4 Å². The lowest BCUT2D eigenvalue weighted by Crippen LogP contribution is -2.07. The third kappa shape index (κ3) is 5.57. The van der Waals surface area contributed by atoms with Crippen LogP contribution in [0.25, 0.3) is 0 Å². The zero-order chi connectivity index (χ0) is 7.11. The van der Waals surface area contributed by atoms with Gasteiger partial charge < -0.3 is 5.73 Å². The Labute approximate surface area is 57.9 Å². The van der Waals surface area contributed by atoms with Crippen molar-refractivity contribution in [2.75, 3.05) is 6.54 Å². The largest absolute Gasteiger partial charge is 0.330 e. The first-order chi connectivity index (χ1) is 4.31. The first-order valence-corrected chi connectivity index (χ1v) is 3.68. The maximum Gasteiger partial charge on any atom is -0.00168 e. The molecular formula is C8H17N. The Morgan fingerprint density at radius 1 is 1.56 bits per heavy atom. The predicted molar refractivity (Wildman–Crippen MR) is 42.3 cm³/mol. The Bertz CT molecular complexity index is 76.6. The smallest absolute Gasteiger partial charge is 0.00168 e. The van der Waals surface area contributed by atoms with E-state index < -0.39 is 0 Å². The second-order valence-corrected chi connectivity index (χ2v) is 2.43. The summed E-state index contributed by atoms with van der Waals surface area (Å²) in [5.74, 6) is 0.552. The van der Waals surface area contributed by atoms with Crippen LogP contribution < -0.4 is 5.73 Å². The lowest BCUT2D eigenvalue weighted by molar-refractivity contribution is 0.734. The molecule has 1 atom stereocenters. The summed E-state index contributed by atoms with van der Waals surface area (Å²) in [5, 5.41) is 0. The van der Waals surface area contributed by atoms with Crippen molar-refractivity contribution in [3.05, 3.63) is 12.2 Å². The molecule has 0 unspecified atom stereocenters. The van der Waals surface area contributed by atoms with Gasteiger partial charge in [0.05, 0.1) is 0 Å². The van der Waals surface area contributed by atoms with E-state index in [0.29, 0.717) is 5.92 Å². The molecule has 0 aliphatic carbocycles. The van der Waals surface area contributed by atoms with E-state index in [1.165, 1.54) is 12.8 Å². The third-order valence-corrected chi connectivity index (χ3v) is 1.29. The van der Waals surface area contributed by atoms with Crippen LogP contribution in [0.2, 0.25) is 0 Å². The Kier molecular flexibility index (Phi) is 5.64. The van der Waals surface area contributed by atoms with Crippen molar-refractivity contribution in [2.45, 2.75) is 26.7 Å². The molecule has 54 valence electrons. The molecule has 0 bridgehead atoms. The van der Waals surface area contributed by atoms with Crippen LogP contribution in [-0.2, 0) is 0 Å². The molecule has 1 nitrogen and oxygen atoms in total. The lowest BCUT2D eigenvalue weighted by atomic mass is 10.1. The molecule has 0 heterocycles. The van der Waals surface area contributed by atoms with Gasteiger partial charge in [0.25, 0.3) is 0 Å². The molecule has 9 heavy (non-hydrogen) atoms. The van der Waals surface area contributed by atoms with Gasteiger partial charge in [0.1, 0.15) is 0 Å². The minimum Gasteiger partial charge on any atom is -0.330 e. The van der Waals surface area contributed by atoms with E-state index in [4.69, 9.17) is 5.73 Å². The lowest BCUT2D eigenvalue weighted by Gasteiger charge is -1.97. The maximum absolute atomic E-state index is 5.40. The SMILES string of the molecule is CCC/C=C/[C@H](C)CN. The van der Waals surface area contributed by atoms with Crippen LogP contribution in [0.5, 0.6) is 0 Å². The molecule has 2 N–H and O–H groups in total. The Morgan fingerprint density at radius 2 is 2.22 bits per heavy atom. The van der Waals surface area contributed by atoms with Crippen molar-refractivity contribution < 1.29 is 0 Å². The molecule has 0 radical (unpaired) electrons. The molecule has 1 heteroatoms. The van der Waals surface area contributed by atoms with Gasteiger partial charge in [-0.2, -0.15) is 0 Å². The summed E-state index contributed by atoms with van der Waals surface area (Å²) in [6, 6.07) is 0. The summed E-state index contributed by atoms with van der Waals surface area (Å²) in [6.45, 7) is 5.07. The molecule has 0 spiro atoms. The molecule has 0 saturated carbocycles. The highest BCUT2D eigenvalue weighted by Crippen LogP contribution is 1.96. The second kappa shape index (κ2) is 5.83. The van der Waals surface area contributed by atoms with Crippen molar-refractivity contribution in [1.29, 1.82) is 0 Å². The monoisotopic (exact) mass is 127 g/mol. The van der Waals surface area contributed by atoms with Gasteiger partial charge in [-0.05, 0) is 18.9 Å². The molecule has 0 aromatic carbocycles. The number of hydrogen-bond donors (Lipinski definition) is 1. The topological polar surface area (TPSA) is 26.0 Å². The van der Waals surface area contributed by atoms with Gasteiger partial charge in [-0.25, -0.2) is 0 Å². The van der Waals surface area contributed by atoms with E-state index >= 15 is 0 Å². The predicted octanol–water partition coefficient (Wildman–Crippen LogP) is 1.94. The van der Waals surface area contributed by atoms with Gasteiger partial charge in [-0.15, -0.1) is 0 Å². The van der Waals surface area contributed by atoms with Gasteiger partial charge >= 0.3 is 0 Å². The van der Waals surface area contributed by atoms with Crippen molar-refractivity contribution in [1.82, 2.24) is 0 Å². The number of hydrogen-bond acceptors (Lipinski definition) is 1. The molecular weight excluding hydrogens is 110 g/mol. The highest BCUT2D eigenvalue weighted by molar-refractivity contribution is 4.86.